The number of carboxylic acids is 1. The van der Waals surface area contributed by atoms with E-state index in [2.05, 4.69) is 67.7 Å². The third-order valence-corrected chi connectivity index (χ3v) is 2.92. The van der Waals surface area contributed by atoms with E-state index in [1.165, 1.54) is 6.42 Å². The average Bonchev–Trinajstić information content (AvgIpc) is 2.50. The first-order valence-electron chi connectivity index (χ1n) is 8.25. The highest BCUT2D eigenvalue weighted by Gasteiger charge is 1.92. The zero-order valence-corrected chi connectivity index (χ0v) is 13.8. The number of hydrogen-bond donors (Lipinski definition) is 1. The molecule has 0 atom stereocenters. The minimum atomic E-state index is -0.716. The molecule has 0 bridgehead atoms. The lowest BCUT2D eigenvalue weighted by molar-refractivity contribution is -0.137. The molecule has 0 amide bonds. The first kappa shape index (κ1) is 20.2. The number of hydrogen-bond acceptors (Lipinski definition) is 1. The zero-order chi connectivity index (χ0) is 16.3. The summed E-state index contributed by atoms with van der Waals surface area (Å²) in [4.78, 5) is 10.3. The molecule has 0 spiro atoms. The van der Waals surface area contributed by atoms with Crippen molar-refractivity contribution < 1.29 is 9.90 Å². The summed E-state index contributed by atoms with van der Waals surface area (Å²) in [6.07, 6.45) is 28.4. The molecule has 0 aliphatic heterocycles. The molecule has 0 aromatic carbocycles. The molecule has 22 heavy (non-hydrogen) atoms. The molecule has 0 rings (SSSR count). The lowest BCUT2D eigenvalue weighted by Crippen LogP contribution is -1.92. The van der Waals surface area contributed by atoms with Crippen molar-refractivity contribution in [3.8, 4) is 0 Å². The first-order chi connectivity index (χ1) is 10.8. The van der Waals surface area contributed by atoms with Crippen LogP contribution in [0.15, 0.2) is 60.8 Å². The molecule has 0 heterocycles. The Balaban J connectivity index is 3.48. The van der Waals surface area contributed by atoms with E-state index in [0.29, 0.717) is 0 Å². The van der Waals surface area contributed by atoms with Gasteiger partial charge in [0.1, 0.15) is 0 Å². The summed E-state index contributed by atoms with van der Waals surface area (Å²) in [6, 6.07) is 0. The molecular weight excluding hydrogens is 272 g/mol. The summed E-state index contributed by atoms with van der Waals surface area (Å²) >= 11 is 0. The van der Waals surface area contributed by atoms with Crippen LogP contribution in [0.1, 0.15) is 58.3 Å². The third-order valence-electron chi connectivity index (χ3n) is 2.92. The summed E-state index contributed by atoms with van der Waals surface area (Å²) in [5.41, 5.74) is 0. The van der Waals surface area contributed by atoms with Gasteiger partial charge in [0.15, 0.2) is 0 Å². The van der Waals surface area contributed by atoms with Crippen molar-refractivity contribution in [2.45, 2.75) is 58.3 Å². The van der Waals surface area contributed by atoms with Crippen molar-refractivity contribution >= 4 is 5.97 Å². The van der Waals surface area contributed by atoms with Gasteiger partial charge >= 0.3 is 5.97 Å². The van der Waals surface area contributed by atoms with Gasteiger partial charge in [-0.1, -0.05) is 74.1 Å². The van der Waals surface area contributed by atoms with E-state index in [4.69, 9.17) is 5.11 Å². The second-order valence-corrected chi connectivity index (χ2v) is 5.05. The maximum absolute atomic E-state index is 10.3. The maximum atomic E-state index is 10.3. The molecule has 0 unspecified atom stereocenters. The SMILES string of the molecule is CCC/C=C/C=C\C/C=C\C/C=C\C/C=C\CCCC(=O)O. The third kappa shape index (κ3) is 18.2. The van der Waals surface area contributed by atoms with Crippen LogP contribution in [0.2, 0.25) is 0 Å². The van der Waals surface area contributed by atoms with Crippen molar-refractivity contribution in [1.29, 1.82) is 0 Å². The van der Waals surface area contributed by atoms with Gasteiger partial charge in [-0.2, -0.15) is 0 Å². The molecule has 0 fully saturated rings. The number of aliphatic carboxylic acids is 1. The number of allylic oxidation sites excluding steroid dienone is 10. The summed E-state index contributed by atoms with van der Waals surface area (Å²) in [6.45, 7) is 2.18. The van der Waals surface area contributed by atoms with Gasteiger partial charge in [0.2, 0.25) is 0 Å². The van der Waals surface area contributed by atoms with Crippen LogP contribution in [0.25, 0.3) is 0 Å². The topological polar surface area (TPSA) is 37.3 Å². The van der Waals surface area contributed by atoms with Crippen molar-refractivity contribution in [2.24, 2.45) is 0 Å². The summed E-state index contributed by atoms with van der Waals surface area (Å²) in [5.74, 6) is -0.716. The molecule has 1 N–H and O–H groups in total. The fraction of sp³-hybridized carbons (Fsp3) is 0.450. The van der Waals surface area contributed by atoms with E-state index in [-0.39, 0.29) is 6.42 Å². The van der Waals surface area contributed by atoms with Crippen LogP contribution >= 0.6 is 0 Å². The van der Waals surface area contributed by atoms with Crippen LogP contribution in [-0.4, -0.2) is 11.1 Å². The highest BCUT2D eigenvalue weighted by molar-refractivity contribution is 5.66. The molecular formula is C20H30O2. The van der Waals surface area contributed by atoms with Gasteiger partial charge in [-0.05, 0) is 38.5 Å². The lowest BCUT2D eigenvalue weighted by Gasteiger charge is -1.89. The Morgan fingerprint density at radius 1 is 0.773 bits per heavy atom. The fourth-order valence-electron chi connectivity index (χ4n) is 1.70. The van der Waals surface area contributed by atoms with E-state index >= 15 is 0 Å². The van der Waals surface area contributed by atoms with Crippen LogP contribution in [0, 0.1) is 0 Å². The zero-order valence-electron chi connectivity index (χ0n) is 13.8. The van der Waals surface area contributed by atoms with Crippen LogP contribution in [-0.2, 0) is 4.79 Å². The highest BCUT2D eigenvalue weighted by atomic mass is 16.4. The molecule has 0 aliphatic carbocycles. The number of rotatable bonds is 13. The van der Waals surface area contributed by atoms with Crippen molar-refractivity contribution in [2.75, 3.05) is 0 Å². The number of carbonyl (C=O) groups is 1. The quantitative estimate of drug-likeness (QED) is 0.258. The lowest BCUT2D eigenvalue weighted by atomic mass is 10.2. The van der Waals surface area contributed by atoms with Crippen molar-refractivity contribution in [3.05, 3.63) is 60.8 Å². The largest absolute Gasteiger partial charge is 0.481 e. The van der Waals surface area contributed by atoms with E-state index < -0.39 is 5.97 Å². The monoisotopic (exact) mass is 302 g/mol. The standard InChI is InChI=1S/C20H30O2/c1-2-3-4-5-6-7-8-9-10-11-12-13-14-15-16-17-18-19-20(21)22/h4-7,9-10,12-13,15-16H,2-3,8,11,14,17-19H2,1H3,(H,21,22)/b5-4+,7-6-,10-9-,13-12-,16-15-. The van der Waals surface area contributed by atoms with Gasteiger partial charge in [0.05, 0.1) is 0 Å². The van der Waals surface area contributed by atoms with Gasteiger partial charge in [-0.3, -0.25) is 4.79 Å². The van der Waals surface area contributed by atoms with E-state index in [1.807, 2.05) is 0 Å². The Kier molecular flexibility index (Phi) is 15.8. The Hall–Kier alpha value is -1.83. The van der Waals surface area contributed by atoms with Gasteiger partial charge in [0, 0.05) is 6.42 Å². The Labute approximate surface area is 135 Å². The Bertz CT molecular complexity index is 398. The Morgan fingerprint density at radius 2 is 1.32 bits per heavy atom. The van der Waals surface area contributed by atoms with E-state index in [9.17, 15) is 4.79 Å². The molecule has 2 nitrogen and oxygen atoms in total. The van der Waals surface area contributed by atoms with Crippen LogP contribution < -0.4 is 0 Å². The molecule has 2 heteroatoms. The minimum absolute atomic E-state index is 0.258. The first-order valence-corrected chi connectivity index (χ1v) is 8.25. The van der Waals surface area contributed by atoms with Crippen molar-refractivity contribution in [3.63, 3.8) is 0 Å². The van der Waals surface area contributed by atoms with Gasteiger partial charge < -0.3 is 5.11 Å². The normalized spacial score (nSPS) is 12.8. The average molecular weight is 302 g/mol. The maximum Gasteiger partial charge on any atom is 0.303 e. The van der Waals surface area contributed by atoms with Crippen LogP contribution in [0.3, 0.4) is 0 Å². The molecule has 0 aromatic rings. The van der Waals surface area contributed by atoms with Gasteiger partial charge in [0.25, 0.3) is 0 Å². The number of unbranched alkanes of at least 4 members (excludes halogenated alkanes) is 2. The van der Waals surface area contributed by atoms with E-state index in [1.54, 1.807) is 0 Å². The van der Waals surface area contributed by atoms with Gasteiger partial charge in [-0.15, -0.1) is 0 Å². The molecule has 0 aromatic heterocycles. The molecule has 0 saturated heterocycles. The molecule has 122 valence electrons. The number of carboxylic acid groups (broad SMARTS) is 1. The summed E-state index contributed by atoms with van der Waals surface area (Å²) < 4.78 is 0. The van der Waals surface area contributed by atoms with Crippen LogP contribution in [0.4, 0.5) is 0 Å². The smallest absolute Gasteiger partial charge is 0.303 e. The second kappa shape index (κ2) is 17.2. The summed E-state index contributed by atoms with van der Waals surface area (Å²) in [5, 5.41) is 8.49. The predicted octanol–water partition coefficient (Wildman–Crippen LogP) is 5.99. The van der Waals surface area contributed by atoms with Gasteiger partial charge in [-0.25, -0.2) is 0 Å². The predicted molar refractivity (Wildman–Crippen MR) is 95.9 cm³/mol. The van der Waals surface area contributed by atoms with Crippen molar-refractivity contribution in [1.82, 2.24) is 0 Å². The molecule has 0 aliphatic rings. The van der Waals surface area contributed by atoms with E-state index in [0.717, 1.165) is 38.5 Å². The minimum Gasteiger partial charge on any atom is -0.481 e. The Morgan fingerprint density at radius 3 is 1.91 bits per heavy atom. The second-order valence-electron chi connectivity index (χ2n) is 5.05. The highest BCUT2D eigenvalue weighted by Crippen LogP contribution is 1.99. The fourth-order valence-corrected chi connectivity index (χ4v) is 1.70. The van der Waals surface area contributed by atoms with Crippen LogP contribution in [0.5, 0.6) is 0 Å². The molecule has 0 saturated carbocycles. The summed E-state index contributed by atoms with van der Waals surface area (Å²) in [7, 11) is 0. The molecule has 0 radical (unpaired) electrons.